The second kappa shape index (κ2) is 11.0. The molecule has 1 amide bonds. The van der Waals surface area contributed by atoms with E-state index in [0.29, 0.717) is 0 Å². The van der Waals surface area contributed by atoms with Gasteiger partial charge in [-0.15, -0.1) is 0 Å². The number of carbonyl (C=O) groups excluding carboxylic acids is 1. The van der Waals surface area contributed by atoms with Gasteiger partial charge < -0.3 is 20.1 Å². The number of nitrogens with zero attached hydrogens (tertiary/aromatic N) is 4. The molecule has 0 spiro atoms. The van der Waals surface area contributed by atoms with Crippen molar-refractivity contribution < 1.29 is 4.79 Å². The summed E-state index contributed by atoms with van der Waals surface area (Å²) in [5.41, 5.74) is 1.85. The van der Waals surface area contributed by atoms with Crippen molar-refractivity contribution in [2.75, 3.05) is 33.7 Å². The van der Waals surface area contributed by atoms with Crippen LogP contribution in [-0.4, -0.2) is 60.0 Å². The van der Waals surface area contributed by atoms with Gasteiger partial charge in [-0.05, 0) is 37.5 Å². The number of hydrogen-bond acceptors (Lipinski definition) is 3. The smallest absolute Gasteiger partial charge is 0.253 e. The maximum Gasteiger partial charge on any atom is 0.253 e. The van der Waals surface area contributed by atoms with Crippen LogP contribution in [-0.2, 0) is 13.0 Å². The zero-order chi connectivity index (χ0) is 19.5. The molecule has 0 bridgehead atoms. The molecule has 7 heteroatoms. The number of imidazole rings is 1. The van der Waals surface area contributed by atoms with Crippen LogP contribution in [0.3, 0.4) is 0 Å². The molecule has 0 aliphatic heterocycles. The molecule has 0 fully saturated rings. The fourth-order valence-corrected chi connectivity index (χ4v) is 2.65. The van der Waals surface area contributed by atoms with Crippen LogP contribution in [0.25, 0.3) is 0 Å². The molecule has 0 unspecified atom stereocenters. The first kappa shape index (κ1) is 20.5. The summed E-state index contributed by atoms with van der Waals surface area (Å²) in [5.74, 6) is 0.848. The minimum absolute atomic E-state index is 0.0256. The largest absolute Gasteiger partial charge is 0.357 e. The molecule has 0 saturated heterocycles. The van der Waals surface area contributed by atoms with E-state index in [0.717, 1.165) is 56.1 Å². The molecule has 1 aromatic heterocycles. The Kier molecular flexibility index (Phi) is 8.35. The summed E-state index contributed by atoms with van der Waals surface area (Å²) in [6.45, 7) is 5.29. The Morgan fingerprint density at radius 1 is 1.30 bits per heavy atom. The first-order valence-corrected chi connectivity index (χ1v) is 9.38. The fraction of sp³-hybridized carbons (Fsp3) is 0.450. The van der Waals surface area contributed by atoms with Gasteiger partial charge in [0.05, 0.1) is 6.33 Å². The summed E-state index contributed by atoms with van der Waals surface area (Å²) < 4.78 is 2.05. The molecule has 2 aromatic rings. The van der Waals surface area contributed by atoms with E-state index in [4.69, 9.17) is 0 Å². The molecule has 0 radical (unpaired) electrons. The first-order chi connectivity index (χ1) is 13.1. The topological polar surface area (TPSA) is 74.5 Å². The van der Waals surface area contributed by atoms with Gasteiger partial charge in [-0.3, -0.25) is 9.79 Å². The van der Waals surface area contributed by atoms with Crippen molar-refractivity contribution in [3.63, 3.8) is 0 Å². The number of carbonyl (C=O) groups is 1. The Hall–Kier alpha value is -2.83. The number of aryl methyl sites for hydroxylation is 1. The number of nitrogens with one attached hydrogen (secondary N) is 2. The lowest BCUT2D eigenvalue weighted by molar-refractivity contribution is 0.0827. The van der Waals surface area contributed by atoms with Crippen molar-refractivity contribution >= 4 is 11.9 Å². The minimum atomic E-state index is 0.0256. The second-order valence-electron chi connectivity index (χ2n) is 6.49. The van der Waals surface area contributed by atoms with Crippen LogP contribution in [0.1, 0.15) is 29.3 Å². The average molecular weight is 371 g/mol. The molecule has 146 valence electrons. The van der Waals surface area contributed by atoms with Gasteiger partial charge in [-0.2, -0.15) is 0 Å². The number of aliphatic imine (C=N–C) groups is 1. The van der Waals surface area contributed by atoms with Crippen LogP contribution in [0.2, 0.25) is 0 Å². The summed E-state index contributed by atoms with van der Waals surface area (Å²) in [6, 6.07) is 7.79. The van der Waals surface area contributed by atoms with Crippen molar-refractivity contribution in [2.24, 2.45) is 4.99 Å². The van der Waals surface area contributed by atoms with Gasteiger partial charge >= 0.3 is 0 Å². The zero-order valence-corrected chi connectivity index (χ0v) is 16.5. The van der Waals surface area contributed by atoms with Gasteiger partial charge in [0.25, 0.3) is 5.91 Å². The first-order valence-electron chi connectivity index (χ1n) is 9.38. The Labute approximate surface area is 161 Å². The Morgan fingerprint density at radius 2 is 2.15 bits per heavy atom. The Morgan fingerprint density at radius 3 is 2.85 bits per heavy atom. The lowest BCUT2D eigenvalue weighted by atomic mass is 10.1. The van der Waals surface area contributed by atoms with E-state index in [2.05, 4.69) is 32.1 Å². The van der Waals surface area contributed by atoms with Gasteiger partial charge in [0.1, 0.15) is 0 Å². The second-order valence-corrected chi connectivity index (χ2v) is 6.49. The standard InChI is InChI=1S/C20H30N6O/c1-4-22-20(23-10-6-13-26-14-12-21-16-26)24-11-9-17-7-5-8-18(15-17)19(27)25(2)3/h5,7-8,12,14-16H,4,6,9-11,13H2,1-3H3,(H2,22,23,24). The lowest BCUT2D eigenvalue weighted by Gasteiger charge is -2.13. The van der Waals surface area contributed by atoms with Gasteiger partial charge in [0, 0.05) is 58.2 Å². The predicted octanol–water partition coefficient (Wildman–Crippen LogP) is 1.77. The average Bonchev–Trinajstić information content (AvgIpc) is 3.18. The van der Waals surface area contributed by atoms with Crippen LogP contribution in [0.4, 0.5) is 0 Å². The predicted molar refractivity (Wildman–Crippen MR) is 109 cm³/mol. The summed E-state index contributed by atoms with van der Waals surface area (Å²) in [4.78, 5) is 22.3. The van der Waals surface area contributed by atoms with E-state index in [-0.39, 0.29) is 5.91 Å². The van der Waals surface area contributed by atoms with Crippen molar-refractivity contribution in [2.45, 2.75) is 26.3 Å². The van der Waals surface area contributed by atoms with E-state index in [1.807, 2.05) is 36.8 Å². The normalized spacial score (nSPS) is 11.3. The van der Waals surface area contributed by atoms with E-state index in [9.17, 15) is 4.79 Å². The van der Waals surface area contributed by atoms with Crippen LogP contribution >= 0.6 is 0 Å². The highest BCUT2D eigenvalue weighted by molar-refractivity contribution is 5.94. The molecule has 7 nitrogen and oxygen atoms in total. The summed E-state index contributed by atoms with van der Waals surface area (Å²) in [6.07, 6.45) is 7.36. The fourth-order valence-electron chi connectivity index (χ4n) is 2.65. The van der Waals surface area contributed by atoms with E-state index >= 15 is 0 Å². The third kappa shape index (κ3) is 7.13. The Bertz CT molecular complexity index is 724. The van der Waals surface area contributed by atoms with Crippen molar-refractivity contribution in [3.05, 3.63) is 54.1 Å². The summed E-state index contributed by atoms with van der Waals surface area (Å²) >= 11 is 0. The highest BCUT2D eigenvalue weighted by Crippen LogP contribution is 2.07. The third-order valence-corrected chi connectivity index (χ3v) is 4.03. The quantitative estimate of drug-likeness (QED) is 0.401. The number of guanidine groups is 1. The zero-order valence-electron chi connectivity index (χ0n) is 16.5. The highest BCUT2D eigenvalue weighted by atomic mass is 16.2. The molecule has 1 heterocycles. The monoisotopic (exact) mass is 370 g/mol. The van der Waals surface area contributed by atoms with E-state index in [1.165, 1.54) is 0 Å². The maximum absolute atomic E-state index is 12.1. The van der Waals surface area contributed by atoms with Crippen molar-refractivity contribution in [1.82, 2.24) is 25.1 Å². The van der Waals surface area contributed by atoms with E-state index in [1.54, 1.807) is 25.2 Å². The van der Waals surface area contributed by atoms with Gasteiger partial charge in [-0.1, -0.05) is 12.1 Å². The number of rotatable bonds is 9. The highest BCUT2D eigenvalue weighted by Gasteiger charge is 2.08. The van der Waals surface area contributed by atoms with Crippen molar-refractivity contribution in [3.8, 4) is 0 Å². The van der Waals surface area contributed by atoms with Gasteiger partial charge in [0.15, 0.2) is 5.96 Å². The Balaban J connectivity index is 1.80. The van der Waals surface area contributed by atoms with Crippen LogP contribution < -0.4 is 10.6 Å². The molecule has 27 heavy (non-hydrogen) atoms. The molecular formula is C20H30N6O. The van der Waals surface area contributed by atoms with Gasteiger partial charge in [-0.25, -0.2) is 4.98 Å². The lowest BCUT2D eigenvalue weighted by Crippen LogP contribution is -2.38. The molecule has 0 saturated carbocycles. The summed E-state index contributed by atoms with van der Waals surface area (Å²) in [7, 11) is 3.53. The molecule has 2 N–H and O–H groups in total. The number of benzene rings is 1. The molecule has 2 rings (SSSR count). The number of aromatic nitrogens is 2. The van der Waals surface area contributed by atoms with Crippen LogP contribution in [0, 0.1) is 0 Å². The molecule has 0 atom stereocenters. The molecular weight excluding hydrogens is 340 g/mol. The summed E-state index contributed by atoms with van der Waals surface area (Å²) in [5, 5.41) is 6.62. The molecule has 0 aliphatic rings. The third-order valence-electron chi connectivity index (χ3n) is 4.03. The minimum Gasteiger partial charge on any atom is -0.357 e. The van der Waals surface area contributed by atoms with Crippen LogP contribution in [0.5, 0.6) is 0 Å². The number of hydrogen-bond donors (Lipinski definition) is 2. The van der Waals surface area contributed by atoms with E-state index < -0.39 is 0 Å². The van der Waals surface area contributed by atoms with Crippen LogP contribution in [0.15, 0.2) is 48.0 Å². The molecule has 1 aromatic carbocycles. The SMILES string of the molecule is CCNC(=NCCCn1ccnc1)NCCc1cccc(C(=O)N(C)C)c1. The van der Waals surface area contributed by atoms with Crippen molar-refractivity contribution in [1.29, 1.82) is 0 Å². The number of amides is 1. The van der Waals surface area contributed by atoms with Gasteiger partial charge in [0.2, 0.25) is 0 Å². The molecule has 0 aliphatic carbocycles. The maximum atomic E-state index is 12.1.